The zero-order chi connectivity index (χ0) is 24.3. The predicted octanol–water partition coefficient (Wildman–Crippen LogP) is 3.92. The van der Waals surface area contributed by atoms with Crippen LogP contribution in [0, 0.1) is 11.7 Å². The normalized spacial score (nSPS) is 17.1. The van der Waals surface area contributed by atoms with E-state index in [1.165, 1.54) is 17.6 Å². The maximum absolute atomic E-state index is 15.7. The van der Waals surface area contributed by atoms with E-state index in [0.29, 0.717) is 33.4 Å². The Kier molecular flexibility index (Phi) is 4.85. The van der Waals surface area contributed by atoms with Gasteiger partial charge in [0.25, 0.3) is 0 Å². The number of carbonyl (C=O) groups excluding carboxylic acids is 1. The Hall–Kier alpha value is -4.19. The molecular weight excluding hydrogens is 480 g/mol. The van der Waals surface area contributed by atoms with Gasteiger partial charge in [-0.15, -0.1) is 0 Å². The number of aromatic amines is 1. The van der Waals surface area contributed by atoms with Gasteiger partial charge in [-0.2, -0.15) is 10.2 Å². The van der Waals surface area contributed by atoms with Gasteiger partial charge in [0.15, 0.2) is 11.6 Å². The lowest BCUT2D eigenvalue weighted by Crippen LogP contribution is -2.15. The number of H-pyrrole nitrogens is 1. The third-order valence-electron chi connectivity index (χ3n) is 5.93. The number of hydrogen-bond donors (Lipinski definition) is 2. The van der Waals surface area contributed by atoms with Gasteiger partial charge in [-0.25, -0.2) is 28.2 Å². The molecule has 1 aliphatic carbocycles. The van der Waals surface area contributed by atoms with Gasteiger partial charge in [-0.3, -0.25) is 9.89 Å². The summed E-state index contributed by atoms with van der Waals surface area (Å²) in [4.78, 5) is 25.4. The summed E-state index contributed by atoms with van der Waals surface area (Å²) in [6.07, 6.45) is 4.99. The number of carbonyl (C=O) groups is 1. The number of nitrogens with zero attached hydrogens (tertiary/aromatic N) is 7. The van der Waals surface area contributed by atoms with Crippen molar-refractivity contribution in [3.63, 3.8) is 0 Å². The number of amides is 1. The van der Waals surface area contributed by atoms with E-state index in [1.54, 1.807) is 42.2 Å². The summed E-state index contributed by atoms with van der Waals surface area (Å²) in [5.74, 6) is -1.16. The number of aromatic nitrogens is 7. The molecule has 2 N–H and O–H groups in total. The second kappa shape index (κ2) is 7.94. The zero-order valence-corrected chi connectivity index (χ0v) is 18.8. The molecule has 0 aliphatic heterocycles. The molecule has 1 fully saturated rings. The summed E-state index contributed by atoms with van der Waals surface area (Å²) in [6, 6.07) is 5.14. The minimum absolute atomic E-state index is 0.102. The Morgan fingerprint density at radius 2 is 2.09 bits per heavy atom. The van der Waals surface area contributed by atoms with Crippen LogP contribution in [0.3, 0.4) is 0 Å². The molecular formula is C22H16ClF2N9O. The summed E-state index contributed by atoms with van der Waals surface area (Å²) in [7, 11) is 1.62. The van der Waals surface area contributed by atoms with Crippen molar-refractivity contribution in [3.05, 3.63) is 54.1 Å². The Morgan fingerprint density at radius 3 is 2.83 bits per heavy atom. The van der Waals surface area contributed by atoms with Crippen LogP contribution in [0.1, 0.15) is 6.42 Å². The fourth-order valence-electron chi connectivity index (χ4n) is 4.07. The number of benzene rings is 1. The minimum Gasteiger partial charge on any atom is -0.309 e. The van der Waals surface area contributed by atoms with Gasteiger partial charge < -0.3 is 10.2 Å². The average Bonchev–Trinajstić information content (AvgIpc) is 3.22. The second-order valence-corrected chi connectivity index (χ2v) is 8.55. The van der Waals surface area contributed by atoms with Crippen molar-refractivity contribution in [2.45, 2.75) is 12.6 Å². The number of fused-ring (bicyclic) bond motifs is 2. The Bertz CT molecular complexity index is 1600. The van der Waals surface area contributed by atoms with Crippen LogP contribution in [0.15, 0.2) is 43.2 Å². The number of pyridine rings is 1. The van der Waals surface area contributed by atoms with Crippen molar-refractivity contribution in [2.24, 2.45) is 5.92 Å². The molecule has 10 nitrogen and oxygen atoms in total. The van der Waals surface area contributed by atoms with Gasteiger partial charge in [-0.1, -0.05) is 11.6 Å². The summed E-state index contributed by atoms with van der Waals surface area (Å²) in [5.41, 5.74) is 2.24. The number of rotatable bonds is 5. The first-order valence-corrected chi connectivity index (χ1v) is 10.9. The molecule has 5 aromatic rings. The molecule has 1 amide bonds. The standard InChI is InChI=1S/C22H16ClF2N9O/c1-33(22-27-8-26-9-28-22)20-18(25)17(23)16(13-7-29-31-19(13)20)10-2-3-34-11(4-10)5-15(32-34)30-21(35)12-6-14(12)24/h2-5,7-9,12,14H,6H2,1H3,(H,29,31)(H,30,32,35)/t12-,14+/m1/s1. The van der Waals surface area contributed by atoms with E-state index in [2.05, 4.69) is 35.6 Å². The predicted molar refractivity (Wildman–Crippen MR) is 125 cm³/mol. The van der Waals surface area contributed by atoms with E-state index in [0.717, 1.165) is 0 Å². The molecule has 6 rings (SSSR count). The van der Waals surface area contributed by atoms with Gasteiger partial charge in [0, 0.05) is 30.3 Å². The first-order chi connectivity index (χ1) is 16.9. The van der Waals surface area contributed by atoms with E-state index < -0.39 is 23.8 Å². The molecule has 1 aromatic carbocycles. The smallest absolute Gasteiger partial charge is 0.232 e. The molecule has 0 spiro atoms. The largest absolute Gasteiger partial charge is 0.309 e. The fraction of sp³-hybridized carbons (Fsp3) is 0.182. The van der Waals surface area contributed by atoms with E-state index in [1.807, 2.05) is 0 Å². The van der Waals surface area contributed by atoms with E-state index in [4.69, 9.17) is 11.6 Å². The van der Waals surface area contributed by atoms with Crippen LogP contribution in [0.5, 0.6) is 0 Å². The Labute approximate surface area is 201 Å². The molecule has 1 aliphatic rings. The minimum atomic E-state index is -1.10. The van der Waals surface area contributed by atoms with Gasteiger partial charge in [0.1, 0.15) is 24.5 Å². The topological polar surface area (TPSA) is 117 Å². The first-order valence-electron chi connectivity index (χ1n) is 10.6. The number of hydrogen-bond acceptors (Lipinski definition) is 7. The van der Waals surface area contributed by atoms with Crippen molar-refractivity contribution < 1.29 is 13.6 Å². The Balaban J connectivity index is 1.43. The van der Waals surface area contributed by atoms with Crippen LogP contribution >= 0.6 is 11.6 Å². The first kappa shape index (κ1) is 21.4. The van der Waals surface area contributed by atoms with Crippen LogP contribution in [0.4, 0.5) is 26.2 Å². The highest BCUT2D eigenvalue weighted by Crippen LogP contribution is 2.43. The van der Waals surface area contributed by atoms with E-state index in [-0.39, 0.29) is 23.1 Å². The van der Waals surface area contributed by atoms with Crippen LogP contribution in [-0.2, 0) is 4.79 Å². The van der Waals surface area contributed by atoms with Crippen molar-refractivity contribution in [3.8, 4) is 11.1 Å². The molecule has 13 heteroatoms. The maximum Gasteiger partial charge on any atom is 0.232 e. The molecule has 0 bridgehead atoms. The van der Waals surface area contributed by atoms with Crippen LogP contribution < -0.4 is 10.2 Å². The summed E-state index contributed by atoms with van der Waals surface area (Å²) >= 11 is 6.57. The number of alkyl halides is 1. The van der Waals surface area contributed by atoms with Crippen LogP contribution in [0.2, 0.25) is 5.02 Å². The summed E-state index contributed by atoms with van der Waals surface area (Å²) < 4.78 is 30.4. The second-order valence-electron chi connectivity index (χ2n) is 8.17. The van der Waals surface area contributed by atoms with Crippen molar-refractivity contribution in [1.82, 2.24) is 34.8 Å². The molecule has 176 valence electrons. The van der Waals surface area contributed by atoms with Crippen molar-refractivity contribution >= 4 is 51.4 Å². The molecule has 0 saturated heterocycles. The third-order valence-corrected chi connectivity index (χ3v) is 6.29. The molecule has 1 saturated carbocycles. The highest BCUT2D eigenvalue weighted by molar-refractivity contribution is 6.36. The van der Waals surface area contributed by atoms with Crippen LogP contribution in [0.25, 0.3) is 27.5 Å². The average molecular weight is 496 g/mol. The number of anilines is 3. The van der Waals surface area contributed by atoms with E-state index in [9.17, 15) is 9.18 Å². The van der Waals surface area contributed by atoms with Gasteiger partial charge in [0.2, 0.25) is 11.9 Å². The molecule has 2 atom stereocenters. The van der Waals surface area contributed by atoms with Crippen molar-refractivity contribution in [1.29, 1.82) is 0 Å². The molecule has 0 unspecified atom stereocenters. The lowest BCUT2D eigenvalue weighted by atomic mass is 10.0. The number of halogens is 3. The zero-order valence-electron chi connectivity index (χ0n) is 18.1. The maximum atomic E-state index is 15.7. The molecule has 4 heterocycles. The lowest BCUT2D eigenvalue weighted by Gasteiger charge is -2.20. The third kappa shape index (κ3) is 3.53. The monoisotopic (exact) mass is 495 g/mol. The molecule has 0 radical (unpaired) electrons. The summed E-state index contributed by atoms with van der Waals surface area (Å²) in [5, 5.41) is 14.4. The van der Waals surface area contributed by atoms with Gasteiger partial charge in [0.05, 0.1) is 28.2 Å². The lowest BCUT2D eigenvalue weighted by molar-refractivity contribution is -0.117. The fourth-order valence-corrected chi connectivity index (χ4v) is 4.37. The quantitative estimate of drug-likeness (QED) is 0.379. The SMILES string of the molecule is CN(c1ncncn1)c1c(F)c(Cl)c(-c2ccn3nc(NC(=O)[C@@H]4C[C@@H]4F)cc3c2)c2cn[nH]c12. The Morgan fingerprint density at radius 1 is 1.31 bits per heavy atom. The molecule has 4 aromatic heterocycles. The van der Waals surface area contributed by atoms with Gasteiger partial charge in [-0.05, 0) is 24.1 Å². The molecule has 35 heavy (non-hydrogen) atoms. The highest BCUT2D eigenvalue weighted by atomic mass is 35.5. The van der Waals surface area contributed by atoms with Crippen molar-refractivity contribution in [2.75, 3.05) is 17.3 Å². The summed E-state index contributed by atoms with van der Waals surface area (Å²) in [6.45, 7) is 0. The number of nitrogens with one attached hydrogen (secondary N) is 2. The highest BCUT2D eigenvalue weighted by Gasteiger charge is 2.43. The van der Waals surface area contributed by atoms with Crippen LogP contribution in [-0.4, -0.2) is 53.9 Å². The van der Waals surface area contributed by atoms with E-state index >= 15 is 4.39 Å². The van der Waals surface area contributed by atoms with Gasteiger partial charge >= 0.3 is 0 Å².